The molecule has 0 saturated carbocycles. The van der Waals surface area contributed by atoms with Crippen molar-refractivity contribution in [2.75, 3.05) is 6.54 Å². The first kappa shape index (κ1) is 13.4. The molecule has 0 bridgehead atoms. The van der Waals surface area contributed by atoms with Gasteiger partial charge in [-0.05, 0) is 0 Å². The zero-order chi connectivity index (χ0) is 8.41. The summed E-state index contributed by atoms with van der Waals surface area (Å²) in [7, 11) is 0. The van der Waals surface area contributed by atoms with Crippen LogP contribution in [0.2, 0.25) is 0 Å². The van der Waals surface area contributed by atoms with Crippen LogP contribution in [0, 0.1) is 6.58 Å². The molecule has 0 amide bonds. The van der Waals surface area contributed by atoms with E-state index in [1.54, 1.807) is 6.08 Å². The third kappa shape index (κ3) is 15.9. The molecule has 0 aliphatic heterocycles. The summed E-state index contributed by atoms with van der Waals surface area (Å²) in [5.74, 6) is 0. The molecule has 3 N–H and O–H groups in total. The summed E-state index contributed by atoms with van der Waals surface area (Å²) < 4.78 is 3.45. The van der Waals surface area contributed by atoms with Crippen molar-refractivity contribution in [2.45, 2.75) is 6.92 Å². The van der Waals surface area contributed by atoms with E-state index >= 15 is 0 Å². The minimum atomic E-state index is 0.965. The number of hydrogen-bond donors (Lipinski definition) is 2. The Labute approximate surface area is 84.1 Å². The molecule has 4 heteroatoms. The Morgan fingerprint density at radius 1 is 1.90 bits per heavy atom. The SMILES string of the molecule is N[C-]=[W].[CH-]=C[C](=[W])NCC. The monoisotopic (exact) mass is 478 g/mol. The van der Waals surface area contributed by atoms with Crippen LogP contribution in [0.4, 0.5) is 0 Å². The molecule has 0 saturated heterocycles. The van der Waals surface area contributed by atoms with Crippen LogP contribution >= 0.6 is 0 Å². The standard InChI is InChI=1S/C5H8N.CH2N.2W/c1-3-5-6-4-2;1-2;;/h1,3,6H,4H2,2H3;2H2;;/q2*-1;;. The molecule has 0 heterocycles. The van der Waals surface area contributed by atoms with Crippen molar-refractivity contribution in [3.63, 3.8) is 0 Å². The Morgan fingerprint density at radius 3 is 2.40 bits per heavy atom. The van der Waals surface area contributed by atoms with Gasteiger partial charge >= 0.3 is 84.4 Å². The number of hydrogen-bond acceptors (Lipinski definition) is 2. The topological polar surface area (TPSA) is 38.0 Å². The minimum absolute atomic E-state index is 0.965. The molecule has 0 atom stereocenters. The van der Waals surface area contributed by atoms with Crippen molar-refractivity contribution < 1.29 is 38.7 Å². The molecular weight excluding hydrogens is 468 g/mol. The van der Waals surface area contributed by atoms with Gasteiger partial charge < -0.3 is 0 Å². The normalized spacial score (nSPS) is 7.00. The van der Waals surface area contributed by atoms with Crippen molar-refractivity contribution >= 4 is 8.55 Å². The van der Waals surface area contributed by atoms with E-state index in [0.29, 0.717) is 0 Å². The molecule has 0 radical (unpaired) electrons. The van der Waals surface area contributed by atoms with Gasteiger partial charge in [0.2, 0.25) is 0 Å². The van der Waals surface area contributed by atoms with Crippen molar-refractivity contribution in [3.05, 3.63) is 12.7 Å². The van der Waals surface area contributed by atoms with E-state index in [4.69, 9.17) is 6.58 Å². The van der Waals surface area contributed by atoms with E-state index < -0.39 is 0 Å². The van der Waals surface area contributed by atoms with E-state index in [2.05, 4.69) is 15.6 Å². The summed E-state index contributed by atoms with van der Waals surface area (Å²) in [6.45, 7) is 8.17. The van der Waals surface area contributed by atoms with Crippen LogP contribution in [0.1, 0.15) is 6.92 Å². The van der Waals surface area contributed by atoms with Crippen LogP contribution in [-0.4, -0.2) is 15.1 Å². The van der Waals surface area contributed by atoms with Gasteiger partial charge in [0, 0.05) is 0 Å². The number of nitrogens with two attached hydrogens (primary N) is 1. The van der Waals surface area contributed by atoms with Crippen LogP contribution in [0.3, 0.4) is 0 Å². The number of rotatable bonds is 3. The average Bonchev–Trinajstić information content (AvgIpc) is 1.90. The molecule has 0 fully saturated rings. The van der Waals surface area contributed by atoms with E-state index in [1.807, 2.05) is 6.92 Å². The van der Waals surface area contributed by atoms with Crippen molar-refractivity contribution in [1.29, 1.82) is 0 Å². The van der Waals surface area contributed by atoms with Crippen LogP contribution in [0.15, 0.2) is 6.08 Å². The molecule has 0 unspecified atom stereocenters. The Balaban J connectivity index is 0. The van der Waals surface area contributed by atoms with Crippen molar-refractivity contribution in [2.24, 2.45) is 5.73 Å². The van der Waals surface area contributed by atoms with Crippen molar-refractivity contribution in [1.82, 2.24) is 5.32 Å². The van der Waals surface area contributed by atoms with Gasteiger partial charge in [-0.15, -0.1) is 0 Å². The molecular formula is C6H10N2W2-2. The fraction of sp³-hybridized carbons (Fsp3) is 0.333. The number of likely N-dealkylation sites (N-methyl/N-ethyl adjacent to an activating group) is 1. The number of nitrogens with one attached hydrogen (secondary N) is 1. The van der Waals surface area contributed by atoms with Gasteiger partial charge in [-0.25, -0.2) is 0 Å². The molecule has 0 rings (SSSR count). The molecule has 10 heavy (non-hydrogen) atoms. The zero-order valence-corrected chi connectivity index (χ0v) is 11.6. The van der Waals surface area contributed by atoms with Crippen LogP contribution < -0.4 is 11.1 Å². The Bertz CT molecular complexity index is 112. The molecule has 0 aliphatic rings. The summed E-state index contributed by atoms with van der Waals surface area (Å²) in [5.41, 5.74) is 4.63. The molecule has 0 spiro atoms. The maximum atomic E-state index is 5.15. The first-order valence-corrected chi connectivity index (χ1v) is 5.56. The second-order valence-electron chi connectivity index (χ2n) is 1.18. The predicted octanol–water partition coefficient (Wildman–Crippen LogP) is -0.610. The summed E-state index contributed by atoms with van der Waals surface area (Å²) >= 11 is 2.59. The van der Waals surface area contributed by atoms with Gasteiger partial charge in [-0.1, -0.05) is 0 Å². The first-order chi connectivity index (χ1) is 4.72. The second-order valence-corrected chi connectivity index (χ2v) is 3.61. The Kier molecular flexibility index (Phi) is 16.7. The Hall–Kier alpha value is 0.777. The molecule has 0 aromatic carbocycles. The maximum absolute atomic E-state index is 5.15. The van der Waals surface area contributed by atoms with E-state index in [9.17, 15) is 0 Å². The fourth-order valence-corrected chi connectivity index (χ4v) is 0.752. The second kappa shape index (κ2) is 12.5. The molecule has 0 aromatic heterocycles. The van der Waals surface area contributed by atoms with Crippen LogP contribution in [0.25, 0.3) is 0 Å². The summed E-state index contributed by atoms with van der Waals surface area (Å²) in [4.78, 5) is 0. The van der Waals surface area contributed by atoms with Gasteiger partial charge in [-0.3, -0.25) is 0 Å². The van der Waals surface area contributed by atoms with Gasteiger partial charge in [0.05, 0.1) is 0 Å². The zero-order valence-electron chi connectivity index (χ0n) is 5.76. The van der Waals surface area contributed by atoms with Gasteiger partial charge in [0.1, 0.15) is 0 Å². The van der Waals surface area contributed by atoms with Crippen LogP contribution in [0.5, 0.6) is 0 Å². The van der Waals surface area contributed by atoms with Gasteiger partial charge in [0.25, 0.3) is 0 Å². The molecule has 58 valence electrons. The van der Waals surface area contributed by atoms with Crippen molar-refractivity contribution in [3.8, 4) is 0 Å². The molecule has 0 aliphatic carbocycles. The summed E-state index contributed by atoms with van der Waals surface area (Å²) in [6.07, 6.45) is 1.60. The fourth-order valence-electron chi connectivity index (χ4n) is 0.233. The quantitative estimate of drug-likeness (QED) is 0.421. The predicted molar refractivity (Wildman–Crippen MR) is 36.7 cm³/mol. The van der Waals surface area contributed by atoms with E-state index in [0.717, 1.165) is 10.6 Å². The van der Waals surface area contributed by atoms with Gasteiger partial charge in [0.15, 0.2) is 0 Å². The summed E-state index contributed by atoms with van der Waals surface area (Å²) in [6, 6.07) is 0. The van der Waals surface area contributed by atoms with E-state index in [1.165, 1.54) is 38.7 Å². The molecule has 2 nitrogen and oxygen atoms in total. The van der Waals surface area contributed by atoms with Gasteiger partial charge in [-0.2, -0.15) is 0 Å². The molecule has 0 aromatic rings. The third-order valence-electron chi connectivity index (χ3n) is 0.502. The Morgan fingerprint density at radius 2 is 2.30 bits per heavy atom. The average molecular weight is 478 g/mol. The van der Waals surface area contributed by atoms with E-state index in [-0.39, 0.29) is 0 Å². The first-order valence-electron chi connectivity index (χ1n) is 2.63. The van der Waals surface area contributed by atoms with Crippen LogP contribution in [-0.2, 0) is 38.7 Å². The third-order valence-corrected chi connectivity index (χ3v) is 1.51. The summed E-state index contributed by atoms with van der Waals surface area (Å²) in [5, 5.41) is 3.07.